The average Bonchev–Trinajstić information content (AvgIpc) is 3.29. The third-order valence-electron chi connectivity index (χ3n) is 10.1. The van der Waals surface area contributed by atoms with Crippen LogP contribution < -0.4 is 0 Å². The summed E-state index contributed by atoms with van der Waals surface area (Å²) in [6.45, 7) is 0. The first-order valence-corrected chi connectivity index (χ1v) is 18.7. The molecule has 0 aliphatic rings. The van der Waals surface area contributed by atoms with Gasteiger partial charge in [-0.2, -0.15) is 0 Å². The summed E-state index contributed by atoms with van der Waals surface area (Å²) in [5.74, 6) is 1.94. The van der Waals surface area contributed by atoms with E-state index in [-0.39, 0.29) is 0 Å². The lowest BCUT2D eigenvalue weighted by atomic mass is 9.97. The van der Waals surface area contributed by atoms with E-state index in [4.69, 9.17) is 24.9 Å². The summed E-state index contributed by atoms with van der Waals surface area (Å²) in [4.78, 5) is 24.9. The number of fused-ring (bicyclic) bond motifs is 3. The van der Waals surface area contributed by atoms with Crippen molar-refractivity contribution in [3.05, 3.63) is 200 Å². The molecule has 0 fully saturated rings. The molecular formula is C51H33N5. The Morgan fingerprint density at radius 2 is 0.554 bits per heavy atom. The zero-order valence-corrected chi connectivity index (χ0v) is 30.3. The predicted octanol–water partition coefficient (Wildman–Crippen LogP) is 12.6. The van der Waals surface area contributed by atoms with Crippen LogP contribution in [0.5, 0.6) is 0 Å². The van der Waals surface area contributed by atoms with Gasteiger partial charge in [-0.05, 0) is 40.5 Å². The van der Waals surface area contributed by atoms with Crippen LogP contribution in [0.2, 0.25) is 0 Å². The molecule has 56 heavy (non-hydrogen) atoms. The fraction of sp³-hybridized carbons (Fsp3) is 0. The van der Waals surface area contributed by atoms with E-state index in [0.717, 1.165) is 83.3 Å². The molecule has 0 N–H and O–H groups in total. The van der Waals surface area contributed by atoms with Gasteiger partial charge < -0.3 is 0 Å². The molecule has 0 bridgehead atoms. The topological polar surface area (TPSA) is 64.5 Å². The van der Waals surface area contributed by atoms with Gasteiger partial charge in [-0.3, -0.25) is 0 Å². The van der Waals surface area contributed by atoms with Gasteiger partial charge in [0.25, 0.3) is 0 Å². The Balaban J connectivity index is 0.929. The van der Waals surface area contributed by atoms with Crippen LogP contribution in [-0.2, 0) is 0 Å². The predicted molar refractivity (Wildman–Crippen MR) is 228 cm³/mol. The zero-order valence-electron chi connectivity index (χ0n) is 30.3. The van der Waals surface area contributed by atoms with Crippen molar-refractivity contribution in [2.75, 3.05) is 0 Å². The lowest BCUT2D eigenvalue weighted by Crippen LogP contribution is -2.00. The molecule has 0 radical (unpaired) electrons. The molecule has 0 saturated carbocycles. The Morgan fingerprint density at radius 3 is 1.04 bits per heavy atom. The van der Waals surface area contributed by atoms with Crippen molar-refractivity contribution in [3.63, 3.8) is 0 Å². The Hall–Kier alpha value is -7.63. The minimum Gasteiger partial charge on any atom is -0.245 e. The number of aromatic nitrogens is 5. The Kier molecular flexibility index (Phi) is 8.43. The molecule has 0 spiro atoms. The molecule has 5 nitrogen and oxygen atoms in total. The van der Waals surface area contributed by atoms with Crippen LogP contribution in [0.4, 0.5) is 0 Å². The molecule has 7 aromatic carbocycles. The Bertz CT molecular complexity index is 2930. The maximum absolute atomic E-state index is 5.19. The molecule has 0 amide bonds. The zero-order chi connectivity index (χ0) is 37.3. The van der Waals surface area contributed by atoms with Gasteiger partial charge in [-0.15, -0.1) is 0 Å². The first-order valence-electron chi connectivity index (χ1n) is 18.7. The van der Waals surface area contributed by atoms with E-state index in [0.29, 0.717) is 17.5 Å². The maximum Gasteiger partial charge on any atom is 0.164 e. The minimum absolute atomic E-state index is 0.641. The number of pyridine rings is 2. The van der Waals surface area contributed by atoms with Crippen molar-refractivity contribution in [2.45, 2.75) is 0 Å². The van der Waals surface area contributed by atoms with Gasteiger partial charge in [0, 0.05) is 38.6 Å². The summed E-state index contributed by atoms with van der Waals surface area (Å²) >= 11 is 0. The second-order valence-corrected chi connectivity index (χ2v) is 13.7. The van der Waals surface area contributed by atoms with Crippen LogP contribution in [0.15, 0.2) is 200 Å². The van der Waals surface area contributed by atoms with E-state index in [9.17, 15) is 0 Å². The highest BCUT2D eigenvalue weighted by Crippen LogP contribution is 2.32. The van der Waals surface area contributed by atoms with Gasteiger partial charge in [0.2, 0.25) is 0 Å². The summed E-state index contributed by atoms with van der Waals surface area (Å²) in [5, 5.41) is 2.14. The summed E-state index contributed by atoms with van der Waals surface area (Å²) in [5.41, 5.74) is 13.2. The van der Waals surface area contributed by atoms with Crippen molar-refractivity contribution >= 4 is 21.8 Å². The number of hydrogen-bond acceptors (Lipinski definition) is 5. The van der Waals surface area contributed by atoms with Gasteiger partial charge in [-0.1, -0.05) is 182 Å². The van der Waals surface area contributed by atoms with Gasteiger partial charge in [0.05, 0.1) is 22.4 Å². The molecule has 10 rings (SSSR count). The fourth-order valence-corrected chi connectivity index (χ4v) is 7.16. The second kappa shape index (κ2) is 14.3. The second-order valence-electron chi connectivity index (χ2n) is 13.7. The van der Waals surface area contributed by atoms with Crippen LogP contribution in [0.3, 0.4) is 0 Å². The van der Waals surface area contributed by atoms with Crippen LogP contribution in [0.25, 0.3) is 101 Å². The molecule has 0 unspecified atom stereocenters. The average molecular weight is 716 g/mol. The molecule has 0 aliphatic heterocycles. The molecule has 3 heterocycles. The van der Waals surface area contributed by atoms with Crippen molar-refractivity contribution < 1.29 is 0 Å². The van der Waals surface area contributed by atoms with Crippen molar-refractivity contribution in [3.8, 4) is 78.9 Å². The lowest BCUT2D eigenvalue weighted by Gasteiger charge is -2.10. The summed E-state index contributed by atoms with van der Waals surface area (Å²) in [7, 11) is 0. The number of hydrogen-bond donors (Lipinski definition) is 0. The van der Waals surface area contributed by atoms with Crippen LogP contribution >= 0.6 is 0 Å². The highest BCUT2D eigenvalue weighted by atomic mass is 15.0. The van der Waals surface area contributed by atoms with Crippen molar-refractivity contribution in [1.29, 1.82) is 0 Å². The third kappa shape index (κ3) is 6.48. The molecule has 262 valence electrons. The Labute approximate surface area is 324 Å². The van der Waals surface area contributed by atoms with Gasteiger partial charge in [0.1, 0.15) is 0 Å². The highest BCUT2D eigenvalue weighted by Gasteiger charge is 2.13. The number of nitrogens with zero attached hydrogens (tertiary/aromatic N) is 5. The third-order valence-corrected chi connectivity index (χ3v) is 10.1. The monoisotopic (exact) mass is 715 g/mol. The maximum atomic E-state index is 5.19. The first kappa shape index (κ1) is 33.0. The molecule has 3 aromatic heterocycles. The van der Waals surface area contributed by atoms with E-state index >= 15 is 0 Å². The number of rotatable bonds is 7. The SMILES string of the molecule is c1ccc(-c2ccc3ccc4ccc(-c5cccc(-c6ccc(-c7ccc(-c8nc(-c9ccccc9)nc(-c9ccccc9)n8)cc7)cc6)c5)nc4c3n2)cc1. The smallest absolute Gasteiger partial charge is 0.164 e. The van der Waals surface area contributed by atoms with E-state index in [1.165, 1.54) is 0 Å². The van der Waals surface area contributed by atoms with E-state index in [1.807, 2.05) is 78.9 Å². The van der Waals surface area contributed by atoms with Gasteiger partial charge in [-0.25, -0.2) is 24.9 Å². The summed E-state index contributed by atoms with van der Waals surface area (Å²) < 4.78 is 0. The van der Waals surface area contributed by atoms with Crippen LogP contribution in [-0.4, -0.2) is 24.9 Å². The van der Waals surface area contributed by atoms with E-state index in [2.05, 4.69) is 121 Å². The molecule has 0 atom stereocenters. The standard InChI is InChI=1S/C51H33N5/c1-4-11-37(12-5-1)45-31-29-38-25-26-39-30-32-46(53-48(39)47(38)52-45)44-18-10-17-43(33-44)36-21-19-34(20-22-36)35-23-27-42(28-24-35)51-55-49(40-13-6-2-7-14-40)54-50(56-51)41-15-8-3-9-16-41/h1-33H. The normalized spacial score (nSPS) is 11.2. The van der Waals surface area contributed by atoms with Crippen molar-refractivity contribution in [1.82, 2.24) is 24.9 Å². The first-order chi connectivity index (χ1) is 27.7. The van der Waals surface area contributed by atoms with E-state index in [1.54, 1.807) is 0 Å². The summed E-state index contributed by atoms with van der Waals surface area (Å²) in [6, 6.07) is 68.9. The Morgan fingerprint density at radius 1 is 0.214 bits per heavy atom. The molecule has 0 saturated heterocycles. The van der Waals surface area contributed by atoms with Crippen LogP contribution in [0.1, 0.15) is 0 Å². The van der Waals surface area contributed by atoms with Crippen LogP contribution in [0, 0.1) is 0 Å². The van der Waals surface area contributed by atoms with Crippen molar-refractivity contribution in [2.24, 2.45) is 0 Å². The minimum atomic E-state index is 0.641. The lowest BCUT2D eigenvalue weighted by molar-refractivity contribution is 1.07. The molecule has 10 aromatic rings. The number of benzene rings is 7. The molecule has 5 heteroatoms. The molecule has 0 aliphatic carbocycles. The fourth-order valence-electron chi connectivity index (χ4n) is 7.16. The van der Waals surface area contributed by atoms with Gasteiger partial charge in [0.15, 0.2) is 17.5 Å². The molecular weight excluding hydrogens is 683 g/mol. The quantitative estimate of drug-likeness (QED) is 0.154. The van der Waals surface area contributed by atoms with Gasteiger partial charge >= 0.3 is 0 Å². The largest absolute Gasteiger partial charge is 0.245 e. The summed E-state index contributed by atoms with van der Waals surface area (Å²) in [6.07, 6.45) is 0. The van der Waals surface area contributed by atoms with E-state index < -0.39 is 0 Å². The highest BCUT2D eigenvalue weighted by molar-refractivity contribution is 6.04.